The molecule has 1 aromatic rings. The van der Waals surface area contributed by atoms with E-state index in [9.17, 15) is 4.79 Å². The van der Waals surface area contributed by atoms with Crippen molar-refractivity contribution in [3.05, 3.63) is 17.5 Å². The fourth-order valence-electron chi connectivity index (χ4n) is 1.54. The fourth-order valence-corrected chi connectivity index (χ4v) is 1.54. The number of aryl methyl sites for hydroxylation is 1. The first-order valence-corrected chi connectivity index (χ1v) is 6.68. The molecule has 1 rings (SSSR count). The zero-order valence-electron chi connectivity index (χ0n) is 12.1. The van der Waals surface area contributed by atoms with Gasteiger partial charge in [0.05, 0.1) is 24.0 Å². The number of anilines is 1. The van der Waals surface area contributed by atoms with Crippen LogP contribution in [0.3, 0.4) is 0 Å². The van der Waals surface area contributed by atoms with Gasteiger partial charge in [-0.3, -0.25) is 0 Å². The van der Waals surface area contributed by atoms with Gasteiger partial charge in [-0.25, -0.2) is 14.8 Å². The van der Waals surface area contributed by atoms with Gasteiger partial charge in [0.25, 0.3) is 0 Å². The highest BCUT2D eigenvalue weighted by Crippen LogP contribution is 2.08. The Morgan fingerprint density at radius 1 is 1.50 bits per heavy atom. The lowest BCUT2D eigenvalue weighted by atomic mass is 10.2. The van der Waals surface area contributed by atoms with Crippen LogP contribution in [0.15, 0.2) is 6.20 Å². The van der Waals surface area contributed by atoms with E-state index in [4.69, 9.17) is 9.84 Å². The fraction of sp³-hybridized carbons (Fsp3) is 0.615. The minimum absolute atomic E-state index is 0.327. The number of nitrogens with one attached hydrogen (secondary N) is 2. The van der Waals surface area contributed by atoms with E-state index >= 15 is 0 Å². The Balaban J connectivity index is 2.45. The van der Waals surface area contributed by atoms with Crippen molar-refractivity contribution in [2.45, 2.75) is 26.9 Å². The molecule has 112 valence electrons. The molecule has 0 saturated carbocycles. The number of aromatic nitrogens is 2. The van der Waals surface area contributed by atoms with Crippen molar-refractivity contribution in [3.63, 3.8) is 0 Å². The smallest absolute Gasteiger partial charge is 0.341 e. The molecule has 0 amide bonds. The predicted molar refractivity (Wildman–Crippen MR) is 75.8 cm³/mol. The number of rotatable bonds is 8. The number of hydrogen-bond acceptors (Lipinski definition) is 7. The molecule has 0 spiro atoms. The highest BCUT2D eigenvalue weighted by molar-refractivity contribution is 5.90. The number of nitrogens with zero attached hydrogens (tertiary/aromatic N) is 2. The summed E-state index contributed by atoms with van der Waals surface area (Å²) in [5.74, 6) is 0.0598. The average molecular weight is 282 g/mol. The highest BCUT2D eigenvalue weighted by Gasteiger charge is 2.12. The summed E-state index contributed by atoms with van der Waals surface area (Å²) in [4.78, 5) is 19.9. The molecule has 0 aliphatic carbocycles. The summed E-state index contributed by atoms with van der Waals surface area (Å²) in [5.41, 5.74) is 0.961. The van der Waals surface area contributed by atoms with Crippen LogP contribution in [0.2, 0.25) is 0 Å². The van der Waals surface area contributed by atoms with Crippen LogP contribution in [0.25, 0.3) is 0 Å². The normalized spacial score (nSPS) is 12.0. The van der Waals surface area contributed by atoms with Crippen LogP contribution in [0.1, 0.15) is 29.9 Å². The second-order valence-corrected chi connectivity index (χ2v) is 4.39. The molecule has 0 bridgehead atoms. The van der Waals surface area contributed by atoms with Gasteiger partial charge >= 0.3 is 5.97 Å². The van der Waals surface area contributed by atoms with Gasteiger partial charge in [-0.15, -0.1) is 0 Å². The lowest BCUT2D eigenvalue weighted by molar-refractivity contribution is 0.0524. The maximum absolute atomic E-state index is 11.6. The third-order valence-electron chi connectivity index (χ3n) is 2.50. The molecule has 0 aromatic carbocycles. The van der Waals surface area contributed by atoms with E-state index < -0.39 is 5.97 Å². The maximum Gasteiger partial charge on any atom is 0.341 e. The third kappa shape index (κ3) is 5.50. The molecule has 0 radical (unpaired) electrons. The van der Waals surface area contributed by atoms with Crippen molar-refractivity contribution < 1.29 is 14.6 Å². The summed E-state index contributed by atoms with van der Waals surface area (Å²) >= 11 is 0. The van der Waals surface area contributed by atoms with Crippen LogP contribution >= 0.6 is 0 Å². The predicted octanol–water partition coefficient (Wildman–Crippen LogP) is 0.344. The van der Waals surface area contributed by atoms with Crippen molar-refractivity contribution in [2.75, 3.05) is 31.6 Å². The summed E-state index contributed by atoms with van der Waals surface area (Å²) in [6.45, 7) is 7.41. The summed E-state index contributed by atoms with van der Waals surface area (Å²) in [6.07, 6.45) is 1.10. The second kappa shape index (κ2) is 8.44. The highest BCUT2D eigenvalue weighted by atomic mass is 16.5. The lowest BCUT2D eigenvalue weighted by Crippen LogP contribution is -2.29. The second-order valence-electron chi connectivity index (χ2n) is 4.39. The number of hydrogen-bond donors (Lipinski definition) is 3. The molecule has 20 heavy (non-hydrogen) atoms. The minimum Gasteiger partial charge on any atom is -0.462 e. The molecule has 1 unspecified atom stereocenters. The van der Waals surface area contributed by atoms with Gasteiger partial charge in [0, 0.05) is 25.8 Å². The quantitative estimate of drug-likeness (QED) is 0.467. The zero-order valence-corrected chi connectivity index (χ0v) is 12.1. The van der Waals surface area contributed by atoms with Crippen molar-refractivity contribution >= 4 is 11.9 Å². The Bertz CT molecular complexity index is 438. The Kier molecular flexibility index (Phi) is 6.89. The monoisotopic (exact) mass is 282 g/mol. The first-order valence-electron chi connectivity index (χ1n) is 6.68. The van der Waals surface area contributed by atoms with Crippen molar-refractivity contribution in [1.29, 1.82) is 0 Å². The van der Waals surface area contributed by atoms with Crippen molar-refractivity contribution in [3.8, 4) is 0 Å². The Morgan fingerprint density at radius 3 is 2.85 bits per heavy atom. The number of ether oxygens (including phenoxy) is 1. The molecule has 0 aliphatic rings. The van der Waals surface area contributed by atoms with Crippen molar-refractivity contribution in [1.82, 2.24) is 15.3 Å². The van der Waals surface area contributed by atoms with Gasteiger partial charge in [0.2, 0.25) is 5.95 Å². The van der Waals surface area contributed by atoms with E-state index in [0.29, 0.717) is 43.4 Å². The van der Waals surface area contributed by atoms with Gasteiger partial charge in [0.15, 0.2) is 0 Å². The van der Waals surface area contributed by atoms with Crippen LogP contribution in [-0.4, -0.2) is 53.4 Å². The van der Waals surface area contributed by atoms with Crippen molar-refractivity contribution in [2.24, 2.45) is 0 Å². The number of aliphatic hydroxyl groups is 1. The summed E-state index contributed by atoms with van der Waals surface area (Å²) in [6, 6.07) is 0. The first-order chi connectivity index (χ1) is 9.54. The van der Waals surface area contributed by atoms with Crippen LogP contribution in [-0.2, 0) is 4.74 Å². The van der Waals surface area contributed by atoms with E-state index in [0.717, 1.165) is 0 Å². The summed E-state index contributed by atoms with van der Waals surface area (Å²) < 4.78 is 4.91. The van der Waals surface area contributed by atoms with Crippen LogP contribution in [0.5, 0.6) is 0 Å². The maximum atomic E-state index is 11.6. The molecule has 7 nitrogen and oxygen atoms in total. The molecule has 0 fully saturated rings. The van der Waals surface area contributed by atoms with Gasteiger partial charge in [-0.1, -0.05) is 0 Å². The van der Waals surface area contributed by atoms with E-state index in [2.05, 4.69) is 20.6 Å². The molecule has 1 heterocycles. The molecular weight excluding hydrogens is 260 g/mol. The Morgan fingerprint density at radius 2 is 2.25 bits per heavy atom. The average Bonchev–Trinajstić information content (AvgIpc) is 2.38. The zero-order chi connectivity index (χ0) is 15.0. The van der Waals surface area contributed by atoms with E-state index in [1.807, 2.05) is 0 Å². The van der Waals surface area contributed by atoms with E-state index in [1.165, 1.54) is 6.20 Å². The minimum atomic E-state index is -0.407. The number of esters is 1. The third-order valence-corrected chi connectivity index (χ3v) is 2.50. The standard InChI is InChI=1S/C13H22N4O3/c1-4-20-12(19)11-8-16-13(17-10(11)3)15-6-5-14-7-9(2)18/h8-9,14,18H,4-7H2,1-3H3,(H,15,16,17). The van der Waals surface area contributed by atoms with Crippen LogP contribution < -0.4 is 10.6 Å². The molecule has 1 atom stereocenters. The molecular formula is C13H22N4O3. The Hall–Kier alpha value is -1.73. The van der Waals surface area contributed by atoms with E-state index in [1.54, 1.807) is 20.8 Å². The van der Waals surface area contributed by atoms with Crippen LogP contribution in [0, 0.1) is 6.92 Å². The molecule has 0 aliphatic heterocycles. The SMILES string of the molecule is CCOC(=O)c1cnc(NCCNCC(C)O)nc1C. The van der Waals surface area contributed by atoms with Crippen LogP contribution in [0.4, 0.5) is 5.95 Å². The largest absolute Gasteiger partial charge is 0.462 e. The topological polar surface area (TPSA) is 96.4 Å². The van der Waals surface area contributed by atoms with Gasteiger partial charge in [-0.05, 0) is 20.8 Å². The lowest BCUT2D eigenvalue weighted by Gasteiger charge is -2.09. The molecule has 0 saturated heterocycles. The van der Waals surface area contributed by atoms with Gasteiger partial charge in [0.1, 0.15) is 0 Å². The number of carbonyl (C=O) groups is 1. The number of carbonyl (C=O) groups excluding carboxylic acids is 1. The molecule has 1 aromatic heterocycles. The van der Waals surface area contributed by atoms with E-state index in [-0.39, 0.29) is 6.10 Å². The Labute approximate surface area is 118 Å². The number of aliphatic hydroxyl groups excluding tert-OH is 1. The molecule has 7 heteroatoms. The first kappa shape index (κ1) is 16.3. The molecule has 3 N–H and O–H groups in total. The summed E-state index contributed by atoms with van der Waals surface area (Å²) in [5, 5.41) is 15.2. The van der Waals surface area contributed by atoms with Gasteiger partial charge < -0.3 is 20.5 Å². The summed E-state index contributed by atoms with van der Waals surface area (Å²) in [7, 11) is 0. The van der Waals surface area contributed by atoms with Gasteiger partial charge in [-0.2, -0.15) is 0 Å².